The number of hydrogen-bond acceptors (Lipinski definition) is 7. The summed E-state index contributed by atoms with van der Waals surface area (Å²) in [5, 5.41) is 11.0. The van der Waals surface area contributed by atoms with Gasteiger partial charge in [0.15, 0.2) is 15.8 Å². The number of benzene rings is 2. The van der Waals surface area contributed by atoms with Gasteiger partial charge in [-0.15, -0.1) is 0 Å². The highest BCUT2D eigenvalue weighted by molar-refractivity contribution is 8.27. The van der Waals surface area contributed by atoms with Crippen LogP contribution in [-0.2, 0) is 4.79 Å². The van der Waals surface area contributed by atoms with E-state index in [9.17, 15) is 14.9 Å². The van der Waals surface area contributed by atoms with Crippen molar-refractivity contribution in [2.45, 2.75) is 13.3 Å². The number of thiocarbonyl (C=S) groups is 1. The molecule has 0 atom stereocenters. The molecule has 0 aliphatic carbocycles. The van der Waals surface area contributed by atoms with E-state index in [2.05, 4.69) is 0 Å². The molecule has 3 rings (SSSR count). The molecule has 7 nitrogen and oxygen atoms in total. The molecule has 1 amide bonds. The maximum absolute atomic E-state index is 12.9. The highest BCUT2D eigenvalue weighted by Gasteiger charge is 2.34. The number of carbonyl (C=O) groups excluding carboxylic acids is 1. The first-order valence-corrected chi connectivity index (χ1v) is 10.00. The smallest absolute Gasteiger partial charge is 0.271 e. The lowest BCUT2D eigenvalue weighted by atomic mass is 10.1. The number of non-ortho nitro benzene ring substituents is 1. The summed E-state index contributed by atoms with van der Waals surface area (Å²) in [7, 11) is 1.56. The second-order valence-electron chi connectivity index (χ2n) is 6.05. The fraction of sp³-hybridized carbons (Fsp3) is 0.200. The Morgan fingerprint density at radius 1 is 1.24 bits per heavy atom. The Labute approximate surface area is 177 Å². The number of hydrogen-bond donors (Lipinski definition) is 0. The Hall–Kier alpha value is -2.91. The molecule has 9 heteroatoms. The number of thioether (sulfide) groups is 1. The van der Waals surface area contributed by atoms with Crippen molar-refractivity contribution in [3.05, 3.63) is 63.0 Å². The number of carbonyl (C=O) groups is 1. The van der Waals surface area contributed by atoms with Crippen LogP contribution in [0.3, 0.4) is 0 Å². The van der Waals surface area contributed by atoms with Gasteiger partial charge in [0.2, 0.25) is 0 Å². The normalized spacial score (nSPS) is 15.1. The number of ether oxygens (including phenoxy) is 2. The highest BCUT2D eigenvalue weighted by atomic mass is 32.2. The second kappa shape index (κ2) is 9.06. The van der Waals surface area contributed by atoms with E-state index in [4.69, 9.17) is 21.7 Å². The lowest BCUT2D eigenvalue weighted by Crippen LogP contribution is -2.27. The minimum atomic E-state index is -0.508. The predicted molar refractivity (Wildman–Crippen MR) is 118 cm³/mol. The molecule has 1 aliphatic heterocycles. The molecule has 29 heavy (non-hydrogen) atoms. The van der Waals surface area contributed by atoms with E-state index in [1.165, 1.54) is 23.1 Å². The van der Waals surface area contributed by atoms with Gasteiger partial charge < -0.3 is 9.47 Å². The van der Waals surface area contributed by atoms with Gasteiger partial charge in [-0.3, -0.25) is 19.8 Å². The van der Waals surface area contributed by atoms with Crippen LogP contribution in [-0.4, -0.2) is 28.9 Å². The lowest BCUT2D eigenvalue weighted by molar-refractivity contribution is -0.384. The molecule has 1 fully saturated rings. The maximum Gasteiger partial charge on any atom is 0.271 e. The average molecular weight is 431 g/mol. The number of nitro benzene ring substituents is 1. The molecule has 2 aromatic carbocycles. The molecule has 1 saturated heterocycles. The zero-order valence-electron chi connectivity index (χ0n) is 15.8. The molecule has 0 spiro atoms. The van der Waals surface area contributed by atoms with Crippen molar-refractivity contribution >= 4 is 51.7 Å². The number of nitro groups is 1. The van der Waals surface area contributed by atoms with E-state index in [1.807, 2.05) is 13.0 Å². The van der Waals surface area contributed by atoms with Crippen LogP contribution in [0.2, 0.25) is 0 Å². The van der Waals surface area contributed by atoms with Crippen LogP contribution in [0.1, 0.15) is 18.9 Å². The second-order valence-corrected chi connectivity index (χ2v) is 7.73. The summed E-state index contributed by atoms with van der Waals surface area (Å²) in [6.45, 7) is 2.60. The molecule has 1 aliphatic rings. The number of rotatable bonds is 7. The molecule has 0 N–H and O–H groups in total. The van der Waals surface area contributed by atoms with Crippen molar-refractivity contribution < 1.29 is 19.2 Å². The molecule has 0 bridgehead atoms. The third-order valence-corrected chi connectivity index (χ3v) is 5.34. The number of nitrogens with zero attached hydrogens (tertiary/aromatic N) is 2. The molecule has 0 aromatic heterocycles. The third kappa shape index (κ3) is 4.57. The van der Waals surface area contributed by atoms with Crippen molar-refractivity contribution in [1.82, 2.24) is 0 Å². The molecule has 2 aromatic rings. The Morgan fingerprint density at radius 2 is 2.03 bits per heavy atom. The fourth-order valence-electron chi connectivity index (χ4n) is 2.69. The van der Waals surface area contributed by atoms with Crippen molar-refractivity contribution in [2.75, 3.05) is 18.6 Å². The quantitative estimate of drug-likeness (QED) is 0.270. The zero-order chi connectivity index (χ0) is 21.0. The van der Waals surface area contributed by atoms with Gasteiger partial charge in [0.25, 0.3) is 11.6 Å². The Kier molecular flexibility index (Phi) is 6.50. The highest BCUT2D eigenvalue weighted by Crippen LogP contribution is 2.38. The number of amides is 1. The van der Waals surface area contributed by atoms with Gasteiger partial charge in [-0.1, -0.05) is 43.0 Å². The maximum atomic E-state index is 12.9. The van der Waals surface area contributed by atoms with E-state index < -0.39 is 4.92 Å². The van der Waals surface area contributed by atoms with Crippen LogP contribution >= 0.6 is 24.0 Å². The minimum absolute atomic E-state index is 0.104. The van der Waals surface area contributed by atoms with Gasteiger partial charge in [0, 0.05) is 12.1 Å². The third-order valence-electron chi connectivity index (χ3n) is 4.04. The van der Waals surface area contributed by atoms with Crippen LogP contribution in [0, 0.1) is 10.1 Å². The average Bonchev–Trinajstić information content (AvgIpc) is 2.99. The standard InChI is InChI=1S/C20H18N2O5S2/c1-3-9-27-16-8-7-13(10-17(16)26-2)11-18-19(23)21(20(28)29-18)14-5-4-6-15(12-14)22(24)25/h4-8,10-12H,3,9H2,1-2H3/b18-11+. The molecule has 150 valence electrons. The number of anilines is 1. The minimum Gasteiger partial charge on any atom is -0.493 e. The van der Waals surface area contributed by atoms with Crippen molar-refractivity contribution in [2.24, 2.45) is 0 Å². The van der Waals surface area contributed by atoms with Crippen molar-refractivity contribution in [3.8, 4) is 11.5 Å². The van der Waals surface area contributed by atoms with Gasteiger partial charge in [-0.25, -0.2) is 0 Å². The zero-order valence-corrected chi connectivity index (χ0v) is 17.4. The summed E-state index contributed by atoms with van der Waals surface area (Å²) in [4.78, 5) is 25.1. The molecular formula is C20H18N2O5S2. The first kappa shape index (κ1) is 20.8. The predicted octanol–water partition coefficient (Wildman–Crippen LogP) is 4.80. The molecule has 0 saturated carbocycles. The van der Waals surface area contributed by atoms with Gasteiger partial charge in [0.05, 0.1) is 29.2 Å². The summed E-state index contributed by atoms with van der Waals surface area (Å²) in [5.41, 5.74) is 1.02. The monoisotopic (exact) mass is 430 g/mol. The number of methoxy groups -OCH3 is 1. The topological polar surface area (TPSA) is 81.9 Å². The Bertz CT molecular complexity index is 1010. The first-order chi connectivity index (χ1) is 13.9. The summed E-state index contributed by atoms with van der Waals surface area (Å²) >= 11 is 6.48. The SMILES string of the molecule is CCCOc1ccc(/C=C2/SC(=S)N(c3cccc([N+](=O)[O-])c3)C2=O)cc1OC. The van der Waals surface area contributed by atoms with Gasteiger partial charge in [0.1, 0.15) is 0 Å². The summed E-state index contributed by atoms with van der Waals surface area (Å²) in [6, 6.07) is 11.2. The van der Waals surface area contributed by atoms with Gasteiger partial charge >= 0.3 is 0 Å². The van der Waals surface area contributed by atoms with Crippen molar-refractivity contribution in [1.29, 1.82) is 0 Å². The van der Waals surface area contributed by atoms with E-state index in [1.54, 1.807) is 31.4 Å². The van der Waals surface area contributed by atoms with E-state index in [0.717, 1.165) is 23.7 Å². The van der Waals surface area contributed by atoms with E-state index in [-0.39, 0.29) is 11.6 Å². The van der Waals surface area contributed by atoms with Crippen LogP contribution < -0.4 is 14.4 Å². The van der Waals surface area contributed by atoms with E-state index in [0.29, 0.717) is 33.0 Å². The van der Waals surface area contributed by atoms with Gasteiger partial charge in [-0.2, -0.15) is 0 Å². The summed E-state index contributed by atoms with van der Waals surface area (Å²) in [5.74, 6) is 0.878. The van der Waals surface area contributed by atoms with Crippen molar-refractivity contribution in [3.63, 3.8) is 0 Å². The fourth-order valence-corrected chi connectivity index (χ4v) is 3.99. The molecular weight excluding hydrogens is 412 g/mol. The van der Waals surface area contributed by atoms with Crippen LogP contribution in [0.25, 0.3) is 6.08 Å². The molecule has 0 radical (unpaired) electrons. The summed E-state index contributed by atoms with van der Waals surface area (Å²) in [6.07, 6.45) is 2.59. The first-order valence-electron chi connectivity index (χ1n) is 8.78. The van der Waals surface area contributed by atoms with Crippen LogP contribution in [0.4, 0.5) is 11.4 Å². The Morgan fingerprint density at radius 3 is 2.72 bits per heavy atom. The lowest BCUT2D eigenvalue weighted by Gasteiger charge is -2.14. The largest absolute Gasteiger partial charge is 0.493 e. The molecule has 0 unspecified atom stereocenters. The van der Waals surface area contributed by atoms with Crippen LogP contribution in [0.5, 0.6) is 11.5 Å². The molecule has 1 heterocycles. The summed E-state index contributed by atoms with van der Waals surface area (Å²) < 4.78 is 11.3. The van der Waals surface area contributed by atoms with Gasteiger partial charge in [-0.05, 0) is 36.3 Å². The van der Waals surface area contributed by atoms with Crippen LogP contribution in [0.15, 0.2) is 47.4 Å². The van der Waals surface area contributed by atoms with E-state index >= 15 is 0 Å². The Balaban J connectivity index is 1.88.